The Morgan fingerprint density at radius 3 is 2.16 bits per heavy atom. The van der Waals surface area contributed by atoms with Gasteiger partial charge in [0.15, 0.2) is 18.9 Å². The van der Waals surface area contributed by atoms with Crippen LogP contribution in [0.5, 0.6) is 0 Å². The molecule has 0 aromatic carbocycles. The van der Waals surface area contributed by atoms with Crippen LogP contribution < -0.4 is 26.4 Å². The van der Waals surface area contributed by atoms with Crippen molar-refractivity contribution in [3.8, 4) is 0 Å². The van der Waals surface area contributed by atoms with Gasteiger partial charge in [0.2, 0.25) is 0 Å². The lowest BCUT2D eigenvalue weighted by atomic mass is 9.99. The van der Waals surface area contributed by atoms with Crippen LogP contribution in [0.15, 0.2) is 24.5 Å². The zero-order valence-electron chi connectivity index (χ0n) is 12.6. The van der Waals surface area contributed by atoms with Crippen molar-refractivity contribution < 1.29 is 21.5 Å². The molecule has 2 nitrogen and oxygen atoms in total. The minimum atomic E-state index is 0. The van der Waals surface area contributed by atoms with Gasteiger partial charge in [-0.1, -0.05) is 26.7 Å². The van der Waals surface area contributed by atoms with Gasteiger partial charge in [-0.15, -0.1) is 17.0 Å². The summed E-state index contributed by atoms with van der Waals surface area (Å²) in [5, 5.41) is 0. The molecule has 112 valence electrons. The number of pyridine rings is 1. The van der Waals surface area contributed by atoms with Crippen molar-refractivity contribution in [2.45, 2.75) is 46.1 Å². The number of rotatable bonds is 7. The topological polar surface area (TPSA) is 7.12 Å². The first-order valence-corrected chi connectivity index (χ1v) is 6.83. The SMILES string of the molecule is Br.CCCCC(CC)C[n+]1ccc(N(C)C)cc1.[Br-]. The molecule has 0 radical (unpaired) electrons. The molecule has 0 aliphatic rings. The lowest BCUT2D eigenvalue weighted by Gasteiger charge is -2.13. The van der Waals surface area contributed by atoms with Gasteiger partial charge >= 0.3 is 0 Å². The summed E-state index contributed by atoms with van der Waals surface area (Å²) in [6.07, 6.45) is 9.70. The fourth-order valence-corrected chi connectivity index (χ4v) is 2.08. The van der Waals surface area contributed by atoms with Gasteiger partial charge in [-0.2, -0.15) is 0 Å². The Balaban J connectivity index is 0. The highest BCUT2D eigenvalue weighted by Crippen LogP contribution is 2.13. The van der Waals surface area contributed by atoms with Crippen molar-refractivity contribution in [1.82, 2.24) is 0 Å². The minimum absolute atomic E-state index is 0. The normalized spacial score (nSPS) is 11.2. The molecule has 1 aromatic heterocycles. The lowest BCUT2D eigenvalue weighted by molar-refractivity contribution is -0.703. The van der Waals surface area contributed by atoms with Crippen molar-refractivity contribution in [3.05, 3.63) is 24.5 Å². The number of nitrogens with zero attached hydrogens (tertiary/aromatic N) is 2. The third-order valence-corrected chi connectivity index (χ3v) is 3.40. The van der Waals surface area contributed by atoms with E-state index >= 15 is 0 Å². The fraction of sp³-hybridized carbons (Fsp3) is 0.667. The molecule has 0 spiro atoms. The van der Waals surface area contributed by atoms with E-state index in [0.29, 0.717) is 0 Å². The number of aromatic nitrogens is 1. The highest BCUT2D eigenvalue weighted by molar-refractivity contribution is 8.93. The smallest absolute Gasteiger partial charge is 0.170 e. The number of unbranched alkanes of at least 4 members (excludes halogenated alkanes) is 1. The Labute approximate surface area is 139 Å². The van der Waals surface area contributed by atoms with E-state index in [9.17, 15) is 0 Å². The van der Waals surface area contributed by atoms with E-state index in [-0.39, 0.29) is 34.0 Å². The Bertz CT molecular complexity index is 312. The molecule has 0 bridgehead atoms. The molecule has 0 fully saturated rings. The Morgan fingerprint density at radius 1 is 1.16 bits per heavy atom. The maximum atomic E-state index is 2.32. The van der Waals surface area contributed by atoms with E-state index in [0.717, 1.165) is 12.5 Å². The van der Waals surface area contributed by atoms with Crippen molar-refractivity contribution in [2.75, 3.05) is 19.0 Å². The first kappa shape index (κ1) is 21.2. The summed E-state index contributed by atoms with van der Waals surface area (Å²) >= 11 is 0. The predicted molar refractivity (Wildman–Crippen MR) is 84.6 cm³/mol. The molecule has 0 saturated heterocycles. The van der Waals surface area contributed by atoms with E-state index in [1.807, 2.05) is 0 Å². The summed E-state index contributed by atoms with van der Waals surface area (Å²) in [7, 11) is 4.16. The molecule has 19 heavy (non-hydrogen) atoms. The highest BCUT2D eigenvalue weighted by atomic mass is 79.9. The Kier molecular flexibility index (Phi) is 13.1. The standard InChI is InChI=1S/C15H27N2.2BrH/c1-5-7-8-14(6-2)13-17-11-9-15(10-12-17)16(3)4;;/h9-12,14H,5-8,13H2,1-4H3;2*1H/q+1;;/p-1. The molecular formula is C15H28Br2N2. The van der Waals surface area contributed by atoms with Crippen LogP contribution in [0.25, 0.3) is 0 Å². The average molecular weight is 396 g/mol. The maximum Gasteiger partial charge on any atom is 0.170 e. The number of halogens is 2. The zero-order chi connectivity index (χ0) is 12.7. The minimum Gasteiger partial charge on any atom is -1.00 e. The van der Waals surface area contributed by atoms with Gasteiger partial charge in [0, 0.05) is 37.8 Å². The molecule has 0 saturated carbocycles. The van der Waals surface area contributed by atoms with Gasteiger partial charge in [0.1, 0.15) is 0 Å². The second kappa shape index (κ2) is 11.7. The fourth-order valence-electron chi connectivity index (χ4n) is 2.08. The van der Waals surface area contributed by atoms with E-state index in [1.54, 1.807) is 0 Å². The second-order valence-electron chi connectivity index (χ2n) is 5.06. The van der Waals surface area contributed by atoms with Gasteiger partial charge in [0.05, 0.1) is 0 Å². The zero-order valence-corrected chi connectivity index (χ0v) is 15.9. The van der Waals surface area contributed by atoms with Crippen LogP contribution in [0.4, 0.5) is 5.69 Å². The summed E-state index contributed by atoms with van der Waals surface area (Å²) in [5.74, 6) is 0.824. The monoisotopic (exact) mass is 394 g/mol. The molecule has 1 unspecified atom stereocenters. The van der Waals surface area contributed by atoms with Gasteiger partial charge in [-0.3, -0.25) is 0 Å². The summed E-state index contributed by atoms with van der Waals surface area (Å²) in [4.78, 5) is 2.14. The van der Waals surface area contributed by atoms with E-state index in [1.165, 1.54) is 31.4 Å². The molecule has 4 heteroatoms. The molecule has 1 aromatic rings. The number of hydrogen-bond acceptors (Lipinski definition) is 1. The predicted octanol–water partition coefficient (Wildman–Crippen LogP) is 0.838. The van der Waals surface area contributed by atoms with Crippen molar-refractivity contribution in [2.24, 2.45) is 5.92 Å². The van der Waals surface area contributed by atoms with Crippen LogP contribution >= 0.6 is 17.0 Å². The summed E-state index contributed by atoms with van der Waals surface area (Å²) in [5.41, 5.74) is 1.27. The number of anilines is 1. The summed E-state index contributed by atoms with van der Waals surface area (Å²) in [6.45, 7) is 5.73. The largest absolute Gasteiger partial charge is 1.00 e. The molecule has 0 amide bonds. The third kappa shape index (κ3) is 7.93. The average Bonchev–Trinajstić information content (AvgIpc) is 2.35. The van der Waals surface area contributed by atoms with Crippen LogP contribution in [-0.2, 0) is 6.54 Å². The van der Waals surface area contributed by atoms with Gasteiger partial charge < -0.3 is 21.9 Å². The van der Waals surface area contributed by atoms with Crippen LogP contribution in [0.3, 0.4) is 0 Å². The highest BCUT2D eigenvalue weighted by Gasteiger charge is 2.11. The van der Waals surface area contributed by atoms with E-state index in [4.69, 9.17) is 0 Å². The molecule has 1 heterocycles. The lowest BCUT2D eigenvalue weighted by Crippen LogP contribution is -3.00. The van der Waals surface area contributed by atoms with Crippen molar-refractivity contribution in [1.29, 1.82) is 0 Å². The second-order valence-corrected chi connectivity index (χ2v) is 5.06. The van der Waals surface area contributed by atoms with Crippen LogP contribution in [0.2, 0.25) is 0 Å². The number of hydrogen-bond donors (Lipinski definition) is 0. The van der Waals surface area contributed by atoms with Crippen LogP contribution in [0, 0.1) is 5.92 Å². The van der Waals surface area contributed by atoms with E-state index in [2.05, 4.69) is 61.9 Å². The maximum absolute atomic E-state index is 2.32. The van der Waals surface area contributed by atoms with Crippen molar-refractivity contribution >= 4 is 22.7 Å². The Hall–Kier alpha value is -0.0900. The van der Waals surface area contributed by atoms with Crippen LogP contribution in [-0.4, -0.2) is 14.1 Å². The molecule has 0 aliphatic heterocycles. The molecular weight excluding hydrogens is 368 g/mol. The molecule has 1 rings (SSSR count). The molecule has 1 atom stereocenters. The first-order valence-electron chi connectivity index (χ1n) is 6.83. The molecule has 0 aliphatic carbocycles. The van der Waals surface area contributed by atoms with Crippen LogP contribution in [0.1, 0.15) is 39.5 Å². The van der Waals surface area contributed by atoms with Gasteiger partial charge in [-0.05, 0) is 12.8 Å². The third-order valence-electron chi connectivity index (χ3n) is 3.40. The van der Waals surface area contributed by atoms with Gasteiger partial charge in [0.25, 0.3) is 0 Å². The Morgan fingerprint density at radius 2 is 1.74 bits per heavy atom. The van der Waals surface area contributed by atoms with Crippen molar-refractivity contribution in [3.63, 3.8) is 0 Å². The van der Waals surface area contributed by atoms with E-state index < -0.39 is 0 Å². The first-order chi connectivity index (χ1) is 8.17. The van der Waals surface area contributed by atoms with Gasteiger partial charge in [-0.25, -0.2) is 4.57 Å². The summed E-state index contributed by atoms with van der Waals surface area (Å²) < 4.78 is 2.32. The molecule has 0 N–H and O–H groups in total. The summed E-state index contributed by atoms with van der Waals surface area (Å²) in [6, 6.07) is 4.37. The quantitative estimate of drug-likeness (QED) is 0.620.